The topological polar surface area (TPSA) is 121 Å². The Morgan fingerprint density at radius 2 is 1.78 bits per heavy atom. The largest absolute Gasteiger partial charge is 0.507 e. The van der Waals surface area contributed by atoms with E-state index in [-0.39, 0.29) is 40.6 Å². The minimum Gasteiger partial charge on any atom is -0.507 e. The minimum atomic E-state index is -4.17. The highest BCUT2D eigenvalue weighted by Crippen LogP contribution is 2.39. The van der Waals surface area contributed by atoms with Crippen molar-refractivity contribution in [1.82, 2.24) is 19.1 Å². The molecule has 0 unspecified atom stereocenters. The summed E-state index contributed by atoms with van der Waals surface area (Å²) in [6.45, 7) is 5.37. The summed E-state index contributed by atoms with van der Waals surface area (Å²) < 4.78 is 50.1. The smallest absolute Gasteiger partial charge is 0.283 e. The highest BCUT2D eigenvalue weighted by molar-refractivity contribution is 7.90. The standard InChI is InChI=1S/C33H34FN5O5S/c1-22-7-3-4-10-31(22)45(42,43)39-28-21-35-26(32-25(34)8-5-9-29(32)41)20-24(28)33(36-39)23-11-12-27(30(19-23)44-18-6-17-40)38-15-13-37(2)14-16-38/h3-5,7-12,19-21,40-41H,6,13-18H2,1-2H3. The molecule has 3 heterocycles. The van der Waals surface area contributed by atoms with Crippen molar-refractivity contribution >= 4 is 26.6 Å². The first kappa shape index (κ1) is 30.5. The number of hydrogen-bond acceptors (Lipinski definition) is 9. The Morgan fingerprint density at radius 1 is 1.00 bits per heavy atom. The van der Waals surface area contributed by atoms with Crippen LogP contribution in [0.3, 0.4) is 0 Å². The van der Waals surface area contributed by atoms with Crippen LogP contribution in [0.15, 0.2) is 77.8 Å². The number of piperazine rings is 1. The number of halogens is 1. The van der Waals surface area contributed by atoms with Crippen LogP contribution in [0.2, 0.25) is 0 Å². The van der Waals surface area contributed by atoms with Gasteiger partial charge in [0.15, 0.2) is 0 Å². The third kappa shape index (κ3) is 5.84. The molecule has 2 N–H and O–H groups in total. The summed E-state index contributed by atoms with van der Waals surface area (Å²) in [4.78, 5) is 8.94. The van der Waals surface area contributed by atoms with Gasteiger partial charge in [-0.05, 0) is 55.9 Å². The predicted octanol–water partition coefficient (Wildman–Crippen LogP) is 4.67. The zero-order chi connectivity index (χ0) is 31.7. The summed E-state index contributed by atoms with van der Waals surface area (Å²) >= 11 is 0. The summed E-state index contributed by atoms with van der Waals surface area (Å²) in [6, 6.07) is 17.8. The lowest BCUT2D eigenvalue weighted by molar-refractivity contribution is 0.233. The number of likely N-dealkylation sites (N-methyl/N-ethyl adjacent to an activating group) is 1. The third-order valence-corrected chi connectivity index (χ3v) is 9.77. The first-order valence-corrected chi connectivity index (χ1v) is 16.1. The number of aryl methyl sites for hydroxylation is 1. The second-order valence-electron chi connectivity index (χ2n) is 11.1. The molecule has 1 aliphatic heterocycles. The maximum Gasteiger partial charge on any atom is 0.283 e. The molecule has 0 atom stereocenters. The molecule has 6 rings (SSSR count). The number of fused-ring (bicyclic) bond motifs is 1. The summed E-state index contributed by atoms with van der Waals surface area (Å²) in [5.41, 5.74) is 2.56. The van der Waals surface area contributed by atoms with Crippen molar-refractivity contribution in [3.63, 3.8) is 0 Å². The summed E-state index contributed by atoms with van der Waals surface area (Å²) in [5, 5.41) is 24.9. The Labute approximate surface area is 261 Å². The number of aromatic hydroxyl groups is 1. The number of phenols is 1. The molecular formula is C33H34FN5O5S. The summed E-state index contributed by atoms with van der Waals surface area (Å²) in [6.07, 6.45) is 1.78. The van der Waals surface area contributed by atoms with Crippen molar-refractivity contribution in [1.29, 1.82) is 0 Å². The van der Waals surface area contributed by atoms with Gasteiger partial charge in [0.1, 0.15) is 28.5 Å². The van der Waals surface area contributed by atoms with Gasteiger partial charge in [-0.15, -0.1) is 0 Å². The molecule has 12 heteroatoms. The highest BCUT2D eigenvalue weighted by Gasteiger charge is 2.27. The lowest BCUT2D eigenvalue weighted by Crippen LogP contribution is -2.44. The molecule has 0 saturated carbocycles. The predicted molar refractivity (Wildman–Crippen MR) is 171 cm³/mol. The molecule has 0 aliphatic carbocycles. The molecule has 1 saturated heterocycles. The van der Waals surface area contributed by atoms with Crippen LogP contribution in [-0.2, 0) is 10.0 Å². The normalized spacial score (nSPS) is 14.3. The van der Waals surface area contributed by atoms with Crippen molar-refractivity contribution < 1.29 is 27.8 Å². The molecule has 5 aromatic rings. The number of anilines is 1. The van der Waals surface area contributed by atoms with E-state index in [2.05, 4.69) is 26.9 Å². The molecular weight excluding hydrogens is 597 g/mol. The lowest BCUT2D eigenvalue weighted by Gasteiger charge is -2.35. The molecule has 234 valence electrons. The van der Waals surface area contributed by atoms with Crippen LogP contribution in [0.4, 0.5) is 10.1 Å². The second kappa shape index (κ2) is 12.5. The number of aliphatic hydroxyl groups is 1. The number of phenolic OH excluding ortho intramolecular Hbond substituents is 1. The van der Waals surface area contributed by atoms with E-state index in [9.17, 15) is 23.0 Å². The first-order valence-electron chi connectivity index (χ1n) is 14.7. The Balaban J connectivity index is 1.55. The molecule has 0 amide bonds. The number of hydrogen-bond donors (Lipinski definition) is 2. The molecule has 2 aromatic heterocycles. The monoisotopic (exact) mass is 631 g/mol. The zero-order valence-corrected chi connectivity index (χ0v) is 25.8. The fourth-order valence-electron chi connectivity index (χ4n) is 5.56. The first-order chi connectivity index (χ1) is 21.7. The van der Waals surface area contributed by atoms with Gasteiger partial charge in [0.25, 0.3) is 10.0 Å². The zero-order valence-electron chi connectivity index (χ0n) is 25.0. The number of benzene rings is 3. The Hall–Kier alpha value is -4.52. The van der Waals surface area contributed by atoms with Crippen LogP contribution < -0.4 is 9.64 Å². The second-order valence-corrected chi connectivity index (χ2v) is 12.8. The van der Waals surface area contributed by atoms with E-state index in [0.29, 0.717) is 34.4 Å². The van der Waals surface area contributed by atoms with Crippen molar-refractivity contribution in [2.45, 2.75) is 18.2 Å². The van der Waals surface area contributed by atoms with Gasteiger partial charge in [0.2, 0.25) is 0 Å². The van der Waals surface area contributed by atoms with Gasteiger partial charge in [-0.3, -0.25) is 4.98 Å². The number of pyridine rings is 1. The quantitative estimate of drug-likeness (QED) is 0.224. The maximum absolute atomic E-state index is 14.9. The van der Waals surface area contributed by atoms with E-state index < -0.39 is 15.8 Å². The van der Waals surface area contributed by atoms with E-state index in [1.54, 1.807) is 31.2 Å². The molecule has 0 radical (unpaired) electrons. The van der Waals surface area contributed by atoms with Crippen molar-refractivity contribution in [3.8, 4) is 34.0 Å². The van der Waals surface area contributed by atoms with Gasteiger partial charge >= 0.3 is 0 Å². The van der Waals surface area contributed by atoms with Gasteiger partial charge in [-0.25, -0.2) is 4.39 Å². The fraction of sp³-hybridized carbons (Fsp3) is 0.273. The molecule has 0 bridgehead atoms. The van der Waals surface area contributed by atoms with Crippen molar-refractivity contribution in [2.75, 3.05) is 51.3 Å². The van der Waals surface area contributed by atoms with E-state index in [1.165, 1.54) is 30.5 Å². The van der Waals surface area contributed by atoms with E-state index >= 15 is 0 Å². The van der Waals surface area contributed by atoms with Gasteiger partial charge < -0.3 is 24.7 Å². The van der Waals surface area contributed by atoms with Gasteiger partial charge in [-0.1, -0.05) is 30.3 Å². The van der Waals surface area contributed by atoms with Crippen LogP contribution in [0.25, 0.3) is 33.4 Å². The Bertz CT molecular complexity index is 1950. The number of aliphatic hydroxyl groups excluding tert-OH is 1. The highest BCUT2D eigenvalue weighted by atomic mass is 32.2. The van der Waals surface area contributed by atoms with Gasteiger partial charge in [0, 0.05) is 50.2 Å². The number of aromatic nitrogens is 3. The molecule has 0 spiro atoms. The molecule has 1 aliphatic rings. The van der Waals surface area contributed by atoms with Crippen molar-refractivity contribution in [2.24, 2.45) is 0 Å². The Kier molecular flexibility index (Phi) is 8.45. The van der Waals surface area contributed by atoms with Gasteiger partial charge in [0.05, 0.1) is 34.6 Å². The minimum absolute atomic E-state index is 0.0198. The van der Waals surface area contributed by atoms with E-state index in [1.807, 2.05) is 18.2 Å². The van der Waals surface area contributed by atoms with Crippen LogP contribution in [0.5, 0.6) is 11.5 Å². The maximum atomic E-state index is 14.9. The number of rotatable bonds is 9. The van der Waals surface area contributed by atoms with Crippen molar-refractivity contribution in [3.05, 3.63) is 84.3 Å². The molecule has 1 fully saturated rings. The van der Waals surface area contributed by atoms with Gasteiger partial charge in [-0.2, -0.15) is 17.6 Å². The van der Waals surface area contributed by atoms with Crippen LogP contribution in [0, 0.1) is 12.7 Å². The van der Waals surface area contributed by atoms with Crippen LogP contribution in [-0.4, -0.2) is 84.1 Å². The Morgan fingerprint density at radius 3 is 2.51 bits per heavy atom. The van der Waals surface area contributed by atoms with Crippen LogP contribution in [0.1, 0.15) is 12.0 Å². The SMILES string of the molecule is Cc1ccccc1S(=O)(=O)n1nc(-c2ccc(N3CCN(C)CC3)c(OCCCO)c2)c2cc(-c3c(O)cccc3F)ncc21. The number of nitrogens with zero attached hydrogens (tertiary/aromatic N) is 5. The third-order valence-electron chi connectivity index (χ3n) is 8.02. The summed E-state index contributed by atoms with van der Waals surface area (Å²) in [5.74, 6) is -0.380. The van der Waals surface area contributed by atoms with Crippen LogP contribution >= 0.6 is 0 Å². The fourth-order valence-corrected chi connectivity index (χ4v) is 7.06. The molecule has 45 heavy (non-hydrogen) atoms. The van der Waals surface area contributed by atoms with E-state index in [0.717, 1.165) is 36.0 Å². The average Bonchev–Trinajstić information content (AvgIpc) is 3.42. The average molecular weight is 632 g/mol. The number of ether oxygens (including phenoxy) is 1. The van der Waals surface area contributed by atoms with E-state index in [4.69, 9.17) is 4.74 Å². The summed E-state index contributed by atoms with van der Waals surface area (Å²) in [7, 11) is -2.09. The lowest BCUT2D eigenvalue weighted by atomic mass is 10.0. The molecule has 10 nitrogen and oxygen atoms in total. The molecule has 3 aromatic carbocycles.